The summed E-state index contributed by atoms with van der Waals surface area (Å²) in [6.45, 7) is 0.177. The molecule has 0 saturated heterocycles. The summed E-state index contributed by atoms with van der Waals surface area (Å²) in [5.74, 6) is -0.418. The van der Waals surface area contributed by atoms with E-state index in [0.717, 1.165) is 6.33 Å². The molecule has 1 aromatic heterocycles. The molecule has 0 saturated carbocycles. The Morgan fingerprint density at radius 2 is 2.33 bits per heavy atom. The van der Waals surface area contributed by atoms with Crippen LogP contribution < -0.4 is 5.73 Å². The predicted octanol–water partition coefficient (Wildman–Crippen LogP) is -0.939. The van der Waals surface area contributed by atoms with Crippen molar-refractivity contribution in [2.45, 2.75) is 18.6 Å². The minimum absolute atomic E-state index is 0.144. The van der Waals surface area contributed by atoms with E-state index in [1.807, 2.05) is 0 Å². The molecule has 0 radical (unpaired) electrons. The third-order valence-corrected chi connectivity index (χ3v) is 1.94. The van der Waals surface area contributed by atoms with E-state index in [0.29, 0.717) is 0 Å². The highest BCUT2D eigenvalue weighted by atomic mass is 16.6. The summed E-state index contributed by atoms with van der Waals surface area (Å²) in [6.07, 6.45) is -1.32. The highest BCUT2D eigenvalue weighted by Crippen LogP contribution is 2.24. The molecular weight excluding hydrogens is 204 g/mol. The van der Waals surface area contributed by atoms with Gasteiger partial charge in [-0.2, -0.15) is 0 Å². The monoisotopic (exact) mass is 216 g/mol. The molecule has 0 spiro atoms. The Labute approximate surface area is 84.9 Å². The van der Waals surface area contributed by atoms with Crippen molar-refractivity contribution in [3.8, 4) is 0 Å². The molecule has 1 rings (SSSR count). The summed E-state index contributed by atoms with van der Waals surface area (Å²) < 4.78 is 0. The standard InChI is InChI=1S/C7H12N4O4/c8-2-1-4(12)6(13)5-7(11(14)15)10-3-9-5/h3-4,6,12-13H,1-2,8H2,(H,9,10). The molecule has 15 heavy (non-hydrogen) atoms. The lowest BCUT2D eigenvalue weighted by Crippen LogP contribution is -2.22. The van der Waals surface area contributed by atoms with Crippen molar-refractivity contribution >= 4 is 5.82 Å². The highest BCUT2D eigenvalue weighted by molar-refractivity contribution is 5.28. The van der Waals surface area contributed by atoms with E-state index >= 15 is 0 Å². The van der Waals surface area contributed by atoms with Gasteiger partial charge in [-0.25, -0.2) is 9.97 Å². The van der Waals surface area contributed by atoms with Gasteiger partial charge in [0.1, 0.15) is 6.10 Å². The molecular formula is C7H12N4O4. The van der Waals surface area contributed by atoms with E-state index in [2.05, 4.69) is 9.97 Å². The van der Waals surface area contributed by atoms with Gasteiger partial charge in [-0.3, -0.25) is 0 Å². The van der Waals surface area contributed by atoms with Gasteiger partial charge < -0.3 is 26.1 Å². The lowest BCUT2D eigenvalue weighted by molar-refractivity contribution is -0.390. The Morgan fingerprint density at radius 3 is 2.87 bits per heavy atom. The van der Waals surface area contributed by atoms with Crippen molar-refractivity contribution < 1.29 is 15.1 Å². The number of rotatable bonds is 5. The van der Waals surface area contributed by atoms with Crippen LogP contribution in [0.4, 0.5) is 5.82 Å². The number of aromatic amines is 1. The zero-order valence-corrected chi connectivity index (χ0v) is 7.83. The summed E-state index contributed by atoms with van der Waals surface area (Å²) >= 11 is 0. The number of H-pyrrole nitrogens is 1. The molecule has 0 aliphatic heterocycles. The van der Waals surface area contributed by atoms with Gasteiger partial charge in [-0.05, 0) is 17.9 Å². The molecule has 2 atom stereocenters. The molecule has 0 amide bonds. The highest BCUT2D eigenvalue weighted by Gasteiger charge is 2.27. The molecule has 0 bridgehead atoms. The predicted molar refractivity (Wildman–Crippen MR) is 49.9 cm³/mol. The van der Waals surface area contributed by atoms with E-state index in [9.17, 15) is 20.3 Å². The van der Waals surface area contributed by atoms with E-state index in [-0.39, 0.29) is 18.7 Å². The molecule has 84 valence electrons. The van der Waals surface area contributed by atoms with Crippen LogP contribution in [0.15, 0.2) is 6.33 Å². The number of nitrogens with zero attached hydrogens (tertiary/aromatic N) is 2. The minimum Gasteiger partial charge on any atom is -0.390 e. The zero-order valence-electron chi connectivity index (χ0n) is 7.83. The molecule has 1 aromatic rings. The van der Waals surface area contributed by atoms with Crippen molar-refractivity contribution in [3.05, 3.63) is 22.1 Å². The Balaban J connectivity index is 2.85. The number of nitrogens with one attached hydrogen (secondary N) is 1. The lowest BCUT2D eigenvalue weighted by Gasteiger charge is -2.14. The van der Waals surface area contributed by atoms with Gasteiger partial charge in [-0.15, -0.1) is 0 Å². The summed E-state index contributed by atoms with van der Waals surface area (Å²) in [7, 11) is 0. The third-order valence-electron chi connectivity index (χ3n) is 1.94. The number of imidazole rings is 1. The van der Waals surface area contributed by atoms with Gasteiger partial charge in [-0.1, -0.05) is 0 Å². The average molecular weight is 216 g/mol. The number of nitro groups is 1. The van der Waals surface area contributed by atoms with Crippen LogP contribution in [0, 0.1) is 10.1 Å². The molecule has 0 aliphatic rings. The number of aliphatic hydroxyl groups excluding tert-OH is 2. The van der Waals surface area contributed by atoms with Gasteiger partial charge in [0.2, 0.25) is 0 Å². The fraction of sp³-hybridized carbons (Fsp3) is 0.571. The minimum atomic E-state index is -1.40. The van der Waals surface area contributed by atoms with Crippen molar-refractivity contribution in [1.82, 2.24) is 9.97 Å². The van der Waals surface area contributed by atoms with Crippen molar-refractivity contribution in [2.75, 3.05) is 6.54 Å². The number of nitrogens with two attached hydrogens (primary N) is 1. The molecule has 0 aliphatic carbocycles. The molecule has 1 heterocycles. The second-order valence-corrected chi connectivity index (χ2v) is 2.98. The Bertz CT molecular complexity index is 339. The number of hydrogen-bond donors (Lipinski definition) is 4. The number of aliphatic hydroxyl groups is 2. The normalized spacial score (nSPS) is 14.9. The first-order valence-corrected chi connectivity index (χ1v) is 4.31. The SMILES string of the molecule is NCCC(O)C(O)c1nc[nH]c1[N+](=O)[O-]. The first kappa shape index (κ1) is 11.6. The second-order valence-electron chi connectivity index (χ2n) is 2.98. The lowest BCUT2D eigenvalue weighted by atomic mass is 10.1. The van der Waals surface area contributed by atoms with Crippen molar-refractivity contribution in [3.63, 3.8) is 0 Å². The Hall–Kier alpha value is -1.51. The maximum atomic E-state index is 10.5. The Kier molecular flexibility index (Phi) is 3.72. The van der Waals surface area contributed by atoms with Crippen LogP contribution in [-0.4, -0.2) is 37.8 Å². The van der Waals surface area contributed by atoms with Gasteiger partial charge in [0.15, 0.2) is 12.0 Å². The largest absolute Gasteiger partial charge is 0.390 e. The molecule has 5 N–H and O–H groups in total. The van der Waals surface area contributed by atoms with E-state index in [1.165, 1.54) is 0 Å². The van der Waals surface area contributed by atoms with E-state index < -0.39 is 22.9 Å². The summed E-state index contributed by atoms with van der Waals surface area (Å²) in [5, 5.41) is 29.4. The molecule has 8 heteroatoms. The fourth-order valence-corrected chi connectivity index (χ4v) is 1.17. The van der Waals surface area contributed by atoms with E-state index in [4.69, 9.17) is 5.73 Å². The van der Waals surface area contributed by atoms with Crippen molar-refractivity contribution in [1.29, 1.82) is 0 Å². The smallest absolute Gasteiger partial charge is 0.346 e. The van der Waals surface area contributed by atoms with Crippen LogP contribution in [0.2, 0.25) is 0 Å². The van der Waals surface area contributed by atoms with Crippen LogP contribution in [0.5, 0.6) is 0 Å². The molecule has 0 fully saturated rings. The van der Waals surface area contributed by atoms with Crippen LogP contribution in [0.3, 0.4) is 0 Å². The topological polar surface area (TPSA) is 138 Å². The fourth-order valence-electron chi connectivity index (χ4n) is 1.17. The first-order valence-electron chi connectivity index (χ1n) is 4.31. The van der Waals surface area contributed by atoms with Crippen LogP contribution in [0.25, 0.3) is 0 Å². The number of aromatic nitrogens is 2. The zero-order chi connectivity index (χ0) is 11.4. The number of hydrogen-bond acceptors (Lipinski definition) is 6. The quantitative estimate of drug-likeness (QED) is 0.370. The van der Waals surface area contributed by atoms with Crippen LogP contribution in [0.1, 0.15) is 18.2 Å². The molecule has 2 unspecified atom stereocenters. The van der Waals surface area contributed by atoms with E-state index in [1.54, 1.807) is 0 Å². The molecule has 0 aromatic carbocycles. The average Bonchev–Trinajstić information content (AvgIpc) is 2.65. The summed E-state index contributed by atoms with van der Waals surface area (Å²) in [5.41, 5.74) is 5.01. The van der Waals surface area contributed by atoms with Crippen molar-refractivity contribution in [2.24, 2.45) is 5.73 Å². The maximum Gasteiger partial charge on any atom is 0.346 e. The summed E-state index contributed by atoms with van der Waals surface area (Å²) in [6, 6.07) is 0. The molecule has 8 nitrogen and oxygen atoms in total. The maximum absolute atomic E-state index is 10.5. The van der Waals surface area contributed by atoms with Crippen LogP contribution in [-0.2, 0) is 0 Å². The Morgan fingerprint density at radius 1 is 1.67 bits per heavy atom. The summed E-state index contributed by atoms with van der Waals surface area (Å²) in [4.78, 5) is 15.6. The van der Waals surface area contributed by atoms with Gasteiger partial charge in [0, 0.05) is 0 Å². The van der Waals surface area contributed by atoms with Gasteiger partial charge in [0.05, 0.1) is 6.10 Å². The first-order chi connectivity index (χ1) is 7.07. The van der Waals surface area contributed by atoms with Gasteiger partial charge in [0.25, 0.3) is 0 Å². The van der Waals surface area contributed by atoms with Gasteiger partial charge >= 0.3 is 5.82 Å². The third kappa shape index (κ3) is 2.49. The van der Waals surface area contributed by atoms with Crippen LogP contribution >= 0.6 is 0 Å². The second kappa shape index (κ2) is 4.82.